The molecule has 3 nitrogen and oxygen atoms in total. The van der Waals surface area contributed by atoms with E-state index in [1.807, 2.05) is 11.3 Å². The number of nitrogens with zero attached hydrogens (tertiary/aromatic N) is 1. The second-order valence-corrected chi connectivity index (χ2v) is 12.7. The van der Waals surface area contributed by atoms with Crippen molar-refractivity contribution < 1.29 is 9.31 Å². The summed E-state index contributed by atoms with van der Waals surface area (Å²) >= 11 is 1.85. The second-order valence-electron chi connectivity index (χ2n) is 11.7. The van der Waals surface area contributed by atoms with Gasteiger partial charge in [0.1, 0.15) is 4.83 Å². The Bertz CT molecular complexity index is 2090. The third-order valence-electron chi connectivity index (χ3n) is 8.82. The van der Waals surface area contributed by atoms with E-state index in [9.17, 15) is 0 Å². The quantitative estimate of drug-likeness (QED) is 0.167. The van der Waals surface area contributed by atoms with E-state index in [2.05, 4.69) is 129 Å². The highest BCUT2D eigenvalue weighted by atomic mass is 32.1. The second kappa shape index (κ2) is 7.95. The Morgan fingerprint density at radius 2 is 1.33 bits per heavy atom. The van der Waals surface area contributed by atoms with E-state index in [1.165, 1.54) is 58.4 Å². The highest BCUT2D eigenvalue weighted by Gasteiger charge is 2.51. The summed E-state index contributed by atoms with van der Waals surface area (Å²) in [6.45, 7) is 8.43. The number of hydrogen-bond donors (Lipinski definition) is 0. The lowest BCUT2D eigenvalue weighted by Gasteiger charge is -2.32. The molecular formula is C34H28BNO2S. The molecule has 0 amide bonds. The number of hydrogen-bond acceptors (Lipinski definition) is 3. The molecule has 8 rings (SSSR count). The largest absolute Gasteiger partial charge is 0.494 e. The van der Waals surface area contributed by atoms with Crippen molar-refractivity contribution in [2.45, 2.75) is 38.9 Å². The molecule has 7 aromatic rings. The molecule has 5 heteroatoms. The Morgan fingerprint density at radius 1 is 0.641 bits per heavy atom. The monoisotopic (exact) mass is 525 g/mol. The fraction of sp³-hybridized carbons (Fsp3) is 0.176. The van der Waals surface area contributed by atoms with Gasteiger partial charge in [0.25, 0.3) is 0 Å². The van der Waals surface area contributed by atoms with Crippen LogP contribution < -0.4 is 5.46 Å². The minimum absolute atomic E-state index is 0.377. The molecule has 0 spiro atoms. The van der Waals surface area contributed by atoms with Crippen LogP contribution in [0.15, 0.2) is 97.1 Å². The summed E-state index contributed by atoms with van der Waals surface area (Å²) in [4.78, 5) is 1.26. The fourth-order valence-electron chi connectivity index (χ4n) is 6.03. The first-order valence-electron chi connectivity index (χ1n) is 13.5. The first kappa shape index (κ1) is 23.3. The zero-order valence-corrected chi connectivity index (χ0v) is 23.3. The van der Waals surface area contributed by atoms with E-state index >= 15 is 0 Å². The van der Waals surface area contributed by atoms with Crippen LogP contribution in [0.5, 0.6) is 0 Å². The first-order chi connectivity index (χ1) is 18.8. The third kappa shape index (κ3) is 3.30. The van der Waals surface area contributed by atoms with Gasteiger partial charge in [-0.25, -0.2) is 0 Å². The highest BCUT2D eigenvalue weighted by molar-refractivity contribution is 7.25. The molecule has 1 saturated heterocycles. The van der Waals surface area contributed by atoms with E-state index in [1.54, 1.807) is 0 Å². The SMILES string of the molecule is CC1(C)OB(c2ccc3c(c2)c2c4ccccc4sc2n3-c2ccc3c(ccc4ccccc43)c2)OC1(C)C. The molecule has 5 aromatic carbocycles. The molecule has 3 heterocycles. The fourth-order valence-corrected chi connectivity index (χ4v) is 7.28. The van der Waals surface area contributed by atoms with Gasteiger partial charge in [-0.3, -0.25) is 0 Å². The Hall–Kier alpha value is -3.64. The Morgan fingerprint density at radius 3 is 2.15 bits per heavy atom. The van der Waals surface area contributed by atoms with Crippen molar-refractivity contribution in [1.29, 1.82) is 0 Å². The van der Waals surface area contributed by atoms with E-state index in [0.717, 1.165) is 5.46 Å². The number of aromatic nitrogens is 1. The Balaban J connectivity index is 1.38. The van der Waals surface area contributed by atoms with Gasteiger partial charge in [-0.05, 0) is 79.0 Å². The zero-order valence-electron chi connectivity index (χ0n) is 22.5. The highest BCUT2D eigenvalue weighted by Crippen LogP contribution is 2.43. The van der Waals surface area contributed by atoms with Crippen molar-refractivity contribution in [1.82, 2.24) is 4.57 Å². The van der Waals surface area contributed by atoms with Gasteiger partial charge in [-0.2, -0.15) is 0 Å². The number of benzene rings is 5. The van der Waals surface area contributed by atoms with Gasteiger partial charge in [0.05, 0.1) is 16.7 Å². The molecule has 190 valence electrons. The third-order valence-corrected chi connectivity index (χ3v) is 9.98. The lowest BCUT2D eigenvalue weighted by atomic mass is 9.78. The van der Waals surface area contributed by atoms with Crippen LogP contribution in [0.1, 0.15) is 27.7 Å². The predicted molar refractivity (Wildman–Crippen MR) is 167 cm³/mol. The predicted octanol–water partition coefficient (Wildman–Crippen LogP) is 8.60. The van der Waals surface area contributed by atoms with Crippen LogP contribution in [0, 0.1) is 0 Å². The van der Waals surface area contributed by atoms with Crippen molar-refractivity contribution in [2.75, 3.05) is 0 Å². The van der Waals surface area contributed by atoms with Gasteiger partial charge < -0.3 is 13.9 Å². The molecule has 1 aliphatic rings. The minimum Gasteiger partial charge on any atom is -0.399 e. The Kier molecular flexibility index (Phi) is 4.74. The zero-order chi connectivity index (χ0) is 26.5. The van der Waals surface area contributed by atoms with Crippen LogP contribution in [-0.4, -0.2) is 22.9 Å². The van der Waals surface area contributed by atoms with Crippen LogP contribution in [0.3, 0.4) is 0 Å². The summed E-state index contributed by atoms with van der Waals surface area (Å²) in [5.41, 5.74) is 2.67. The number of fused-ring (bicyclic) bond motifs is 8. The van der Waals surface area contributed by atoms with E-state index in [-0.39, 0.29) is 11.2 Å². The number of thiophene rings is 1. The van der Waals surface area contributed by atoms with Crippen molar-refractivity contribution in [3.63, 3.8) is 0 Å². The van der Waals surface area contributed by atoms with E-state index in [0.29, 0.717) is 0 Å². The minimum atomic E-state index is -0.392. The first-order valence-corrected chi connectivity index (χ1v) is 14.4. The van der Waals surface area contributed by atoms with Crippen LogP contribution in [0.25, 0.3) is 58.4 Å². The molecule has 0 bridgehead atoms. The average Bonchev–Trinajstić information content (AvgIpc) is 3.53. The molecule has 1 aliphatic heterocycles. The summed E-state index contributed by atoms with van der Waals surface area (Å²) in [7, 11) is -0.392. The summed E-state index contributed by atoms with van der Waals surface area (Å²) in [5, 5.41) is 8.90. The van der Waals surface area contributed by atoms with E-state index < -0.39 is 7.12 Å². The lowest BCUT2D eigenvalue weighted by Crippen LogP contribution is -2.41. The van der Waals surface area contributed by atoms with Crippen molar-refractivity contribution in [2.24, 2.45) is 0 Å². The summed E-state index contributed by atoms with van der Waals surface area (Å²) in [6.07, 6.45) is 0. The summed E-state index contributed by atoms with van der Waals surface area (Å²) in [5.74, 6) is 0. The van der Waals surface area contributed by atoms with Crippen molar-refractivity contribution >= 4 is 76.7 Å². The van der Waals surface area contributed by atoms with Gasteiger partial charge in [0, 0.05) is 26.5 Å². The molecule has 0 saturated carbocycles. The van der Waals surface area contributed by atoms with Crippen LogP contribution in [0.4, 0.5) is 0 Å². The van der Waals surface area contributed by atoms with Crippen LogP contribution in [0.2, 0.25) is 0 Å². The molecule has 0 radical (unpaired) electrons. The maximum atomic E-state index is 6.43. The number of rotatable bonds is 2. The molecule has 0 N–H and O–H groups in total. The standard InChI is InChI=1S/C34H28BNO2S/c1-33(2)34(3,4)38-35(37-33)23-15-18-29-28(20-23)31-27-11-7-8-12-30(27)39-32(31)36(29)24-16-17-26-22(19-24)14-13-21-9-5-6-10-25(21)26/h5-20H,1-4H3. The Labute approximate surface area is 231 Å². The summed E-state index contributed by atoms with van der Waals surface area (Å²) < 4.78 is 16.6. The maximum Gasteiger partial charge on any atom is 0.494 e. The van der Waals surface area contributed by atoms with Crippen LogP contribution >= 0.6 is 11.3 Å². The molecular weight excluding hydrogens is 497 g/mol. The van der Waals surface area contributed by atoms with Crippen molar-refractivity contribution in [3.8, 4) is 5.69 Å². The van der Waals surface area contributed by atoms with Crippen LogP contribution in [-0.2, 0) is 9.31 Å². The molecule has 1 fully saturated rings. The van der Waals surface area contributed by atoms with Gasteiger partial charge in [0.15, 0.2) is 0 Å². The topological polar surface area (TPSA) is 23.4 Å². The van der Waals surface area contributed by atoms with E-state index in [4.69, 9.17) is 9.31 Å². The van der Waals surface area contributed by atoms with Crippen molar-refractivity contribution in [3.05, 3.63) is 97.1 Å². The normalized spacial score (nSPS) is 16.9. The van der Waals surface area contributed by atoms with Gasteiger partial charge >= 0.3 is 7.12 Å². The molecule has 0 unspecified atom stereocenters. The van der Waals surface area contributed by atoms with Gasteiger partial charge in [-0.15, -0.1) is 11.3 Å². The smallest absolute Gasteiger partial charge is 0.399 e. The molecule has 0 aliphatic carbocycles. The van der Waals surface area contributed by atoms with Gasteiger partial charge in [0.2, 0.25) is 0 Å². The lowest BCUT2D eigenvalue weighted by molar-refractivity contribution is 0.00578. The molecule has 0 atom stereocenters. The summed E-state index contributed by atoms with van der Waals surface area (Å²) in [6, 6.07) is 35.4. The molecule has 2 aromatic heterocycles. The average molecular weight is 525 g/mol. The molecule has 39 heavy (non-hydrogen) atoms. The van der Waals surface area contributed by atoms with Gasteiger partial charge in [-0.1, -0.05) is 72.8 Å². The maximum absolute atomic E-state index is 6.43.